The molecule has 1 saturated heterocycles. The number of carboxylic acids is 2. The third-order valence-electron chi connectivity index (χ3n) is 7.25. The van der Waals surface area contributed by atoms with E-state index in [0.29, 0.717) is 0 Å². The second kappa shape index (κ2) is 12.8. The standard InChI is InChI=1S/C28H35N3O.C2H2O4/c1-3-4-7-21-10-12-23(13-11-21)26-20-31-19-14-22-8-5-6-9-25(22)27(28(31)29-26)32-24-15-17-30(2)18-16-24;3-1(4)2(5)6/h5-6,8-13,20,24,27H,3-4,7,14-19H2,1-2H3;(H,3,4)(H,5,6). The predicted molar refractivity (Wildman–Crippen MR) is 145 cm³/mol. The van der Waals surface area contributed by atoms with Gasteiger partial charge in [-0.15, -0.1) is 0 Å². The molecule has 0 bridgehead atoms. The number of ether oxygens (including phenoxy) is 1. The molecule has 2 aromatic carbocycles. The van der Waals surface area contributed by atoms with Crippen LogP contribution < -0.4 is 0 Å². The lowest BCUT2D eigenvalue weighted by Crippen LogP contribution is -2.35. The molecule has 2 N–H and O–H groups in total. The molecule has 3 aromatic rings. The van der Waals surface area contributed by atoms with Crippen LogP contribution in [0.2, 0.25) is 0 Å². The Morgan fingerprint density at radius 1 is 1.00 bits per heavy atom. The predicted octanol–water partition coefficient (Wildman–Crippen LogP) is 4.80. The van der Waals surface area contributed by atoms with Crippen LogP contribution in [0.1, 0.15) is 61.2 Å². The van der Waals surface area contributed by atoms with E-state index in [1.807, 2.05) is 0 Å². The van der Waals surface area contributed by atoms with E-state index in [2.05, 4.69) is 78.2 Å². The van der Waals surface area contributed by atoms with Gasteiger partial charge >= 0.3 is 11.9 Å². The number of aliphatic carboxylic acids is 2. The third-order valence-corrected chi connectivity index (χ3v) is 7.25. The number of aryl methyl sites for hydroxylation is 3. The van der Waals surface area contributed by atoms with Crippen LogP contribution in [-0.2, 0) is 33.7 Å². The molecule has 202 valence electrons. The number of hydrogen-bond donors (Lipinski definition) is 2. The summed E-state index contributed by atoms with van der Waals surface area (Å²) in [6, 6.07) is 17.8. The molecular formula is C30H37N3O5. The first kappa shape index (κ1) is 27.5. The third kappa shape index (κ3) is 6.88. The molecule has 8 heteroatoms. The number of nitrogens with zero attached hydrogens (tertiary/aromatic N) is 3. The van der Waals surface area contributed by atoms with Gasteiger partial charge in [-0.05, 0) is 55.8 Å². The van der Waals surface area contributed by atoms with E-state index in [9.17, 15) is 0 Å². The van der Waals surface area contributed by atoms with Crippen molar-refractivity contribution in [3.63, 3.8) is 0 Å². The zero-order valence-electron chi connectivity index (χ0n) is 22.2. The molecule has 5 rings (SSSR count). The van der Waals surface area contributed by atoms with E-state index in [1.54, 1.807) is 0 Å². The van der Waals surface area contributed by atoms with Gasteiger partial charge in [-0.1, -0.05) is 61.9 Å². The molecule has 2 aliphatic heterocycles. The smallest absolute Gasteiger partial charge is 0.414 e. The summed E-state index contributed by atoms with van der Waals surface area (Å²) in [7, 11) is 2.20. The molecule has 0 radical (unpaired) electrons. The Hall–Kier alpha value is -3.49. The van der Waals surface area contributed by atoms with Crippen molar-refractivity contribution in [1.29, 1.82) is 0 Å². The summed E-state index contributed by atoms with van der Waals surface area (Å²) in [4.78, 5) is 25.8. The fourth-order valence-corrected chi connectivity index (χ4v) is 5.03. The van der Waals surface area contributed by atoms with E-state index >= 15 is 0 Å². The van der Waals surface area contributed by atoms with Crippen LogP contribution in [-0.4, -0.2) is 62.8 Å². The van der Waals surface area contributed by atoms with E-state index in [0.717, 1.165) is 56.8 Å². The molecule has 3 heterocycles. The number of likely N-dealkylation sites (tertiary alicyclic amines) is 1. The van der Waals surface area contributed by atoms with Crippen molar-refractivity contribution in [2.24, 2.45) is 0 Å². The number of fused-ring (bicyclic) bond motifs is 2. The topological polar surface area (TPSA) is 105 Å². The number of unbranched alkanes of at least 4 members (excludes halogenated alkanes) is 1. The number of aromatic nitrogens is 2. The SMILES string of the molecule is CCCCc1ccc(-c2cn3c(n2)C(OC2CCN(C)CC2)c2ccccc2CC3)cc1.O=C(O)C(=O)O. The fraction of sp³-hybridized carbons (Fsp3) is 0.433. The minimum atomic E-state index is -1.82. The molecule has 0 aliphatic carbocycles. The van der Waals surface area contributed by atoms with E-state index < -0.39 is 11.9 Å². The highest BCUT2D eigenvalue weighted by Gasteiger charge is 2.30. The molecule has 8 nitrogen and oxygen atoms in total. The Kier molecular flexibility index (Phi) is 9.31. The van der Waals surface area contributed by atoms with Crippen LogP contribution in [0.25, 0.3) is 11.3 Å². The van der Waals surface area contributed by atoms with Crippen molar-refractivity contribution < 1.29 is 24.5 Å². The van der Waals surface area contributed by atoms with Crippen molar-refractivity contribution in [3.05, 3.63) is 77.2 Å². The highest BCUT2D eigenvalue weighted by atomic mass is 16.5. The highest BCUT2D eigenvalue weighted by molar-refractivity contribution is 6.27. The summed E-state index contributed by atoms with van der Waals surface area (Å²) in [5.41, 5.74) is 6.33. The zero-order valence-corrected chi connectivity index (χ0v) is 22.2. The Morgan fingerprint density at radius 3 is 2.34 bits per heavy atom. The molecule has 0 saturated carbocycles. The van der Waals surface area contributed by atoms with Gasteiger partial charge < -0.3 is 24.4 Å². The average molecular weight is 520 g/mol. The molecule has 0 spiro atoms. The zero-order chi connectivity index (χ0) is 27.1. The second-order valence-corrected chi connectivity index (χ2v) is 10.1. The Balaban J connectivity index is 0.000000505. The van der Waals surface area contributed by atoms with Crippen LogP contribution in [0.3, 0.4) is 0 Å². The van der Waals surface area contributed by atoms with Gasteiger partial charge in [0.1, 0.15) is 11.9 Å². The summed E-state index contributed by atoms with van der Waals surface area (Å²) in [5.74, 6) is -2.59. The maximum absolute atomic E-state index is 9.10. The van der Waals surface area contributed by atoms with Crippen molar-refractivity contribution in [2.75, 3.05) is 20.1 Å². The first-order chi connectivity index (χ1) is 18.4. The molecule has 2 aliphatic rings. The lowest BCUT2D eigenvalue weighted by Gasteiger charge is -2.32. The van der Waals surface area contributed by atoms with Crippen LogP contribution in [0.5, 0.6) is 0 Å². The fourth-order valence-electron chi connectivity index (χ4n) is 5.03. The molecule has 1 aromatic heterocycles. The van der Waals surface area contributed by atoms with Gasteiger partial charge in [0, 0.05) is 31.4 Å². The number of carbonyl (C=O) groups is 2. The molecule has 38 heavy (non-hydrogen) atoms. The van der Waals surface area contributed by atoms with Crippen LogP contribution in [0.4, 0.5) is 0 Å². The van der Waals surface area contributed by atoms with Gasteiger partial charge in [-0.25, -0.2) is 14.6 Å². The summed E-state index contributed by atoms with van der Waals surface area (Å²) in [5, 5.41) is 14.8. The largest absolute Gasteiger partial charge is 0.473 e. The Morgan fingerprint density at radius 2 is 1.68 bits per heavy atom. The van der Waals surface area contributed by atoms with Gasteiger partial charge in [0.05, 0.1) is 11.8 Å². The minimum Gasteiger partial charge on any atom is -0.473 e. The Labute approximate surface area is 223 Å². The van der Waals surface area contributed by atoms with Gasteiger partial charge in [0.2, 0.25) is 0 Å². The summed E-state index contributed by atoms with van der Waals surface area (Å²) in [6.07, 6.45) is 9.23. The number of imidazole rings is 1. The minimum absolute atomic E-state index is 0.0975. The summed E-state index contributed by atoms with van der Waals surface area (Å²) < 4.78 is 9.15. The van der Waals surface area contributed by atoms with Gasteiger partial charge in [0.25, 0.3) is 0 Å². The first-order valence-electron chi connectivity index (χ1n) is 13.4. The van der Waals surface area contributed by atoms with Crippen molar-refractivity contribution in [1.82, 2.24) is 14.5 Å². The lowest BCUT2D eigenvalue weighted by molar-refractivity contribution is -0.159. The monoisotopic (exact) mass is 519 g/mol. The number of carboxylic acid groups (broad SMARTS) is 2. The molecular weight excluding hydrogens is 482 g/mol. The van der Waals surface area contributed by atoms with E-state index in [-0.39, 0.29) is 12.2 Å². The average Bonchev–Trinajstić information content (AvgIpc) is 3.29. The van der Waals surface area contributed by atoms with Crippen LogP contribution >= 0.6 is 0 Å². The first-order valence-corrected chi connectivity index (χ1v) is 13.4. The number of piperidine rings is 1. The summed E-state index contributed by atoms with van der Waals surface area (Å²) in [6.45, 7) is 5.39. The second-order valence-electron chi connectivity index (χ2n) is 10.1. The maximum Gasteiger partial charge on any atom is 0.414 e. The van der Waals surface area contributed by atoms with Crippen LogP contribution in [0.15, 0.2) is 54.7 Å². The van der Waals surface area contributed by atoms with Gasteiger partial charge in [-0.3, -0.25) is 0 Å². The molecule has 1 unspecified atom stereocenters. The van der Waals surface area contributed by atoms with Gasteiger partial charge in [0.15, 0.2) is 0 Å². The number of hydrogen-bond acceptors (Lipinski definition) is 5. The lowest BCUT2D eigenvalue weighted by atomic mass is 10.00. The van der Waals surface area contributed by atoms with Gasteiger partial charge in [-0.2, -0.15) is 0 Å². The normalized spacial score (nSPS) is 17.5. The van der Waals surface area contributed by atoms with Crippen LogP contribution in [0, 0.1) is 0 Å². The number of benzene rings is 2. The Bertz CT molecular complexity index is 1220. The molecule has 1 atom stereocenters. The maximum atomic E-state index is 9.10. The van der Waals surface area contributed by atoms with Crippen molar-refractivity contribution >= 4 is 11.9 Å². The number of rotatable bonds is 6. The molecule has 0 amide bonds. The summed E-state index contributed by atoms with van der Waals surface area (Å²) >= 11 is 0. The highest BCUT2D eigenvalue weighted by Crippen LogP contribution is 2.35. The van der Waals surface area contributed by atoms with Crippen molar-refractivity contribution in [2.45, 2.75) is 64.2 Å². The quantitative estimate of drug-likeness (QED) is 0.451. The van der Waals surface area contributed by atoms with Crippen molar-refractivity contribution in [3.8, 4) is 11.3 Å². The van der Waals surface area contributed by atoms with E-state index in [1.165, 1.54) is 35.1 Å². The molecule has 1 fully saturated rings. The van der Waals surface area contributed by atoms with E-state index in [4.69, 9.17) is 29.5 Å².